The van der Waals surface area contributed by atoms with Crippen LogP contribution in [0.15, 0.2) is 24.3 Å². The first-order valence-electron chi connectivity index (χ1n) is 7.96. The van der Waals surface area contributed by atoms with Crippen LogP contribution < -0.4 is 10.8 Å². The number of hydrogen-bond donors (Lipinski definition) is 4. The molecule has 0 aromatic heterocycles. The van der Waals surface area contributed by atoms with Gasteiger partial charge in [-0.15, -0.1) is 0 Å². The molecule has 1 aromatic carbocycles. The number of methoxy groups -OCH3 is 1. The Balaban J connectivity index is 3.10. The molecule has 0 aliphatic carbocycles. The van der Waals surface area contributed by atoms with E-state index in [0.717, 1.165) is 4.90 Å². The average Bonchev–Trinajstić information content (AvgIpc) is 2.71. The highest BCUT2D eigenvalue weighted by atomic mass is 16.5. The van der Waals surface area contributed by atoms with Crippen molar-refractivity contribution in [1.29, 1.82) is 0 Å². The second-order valence-corrected chi connectivity index (χ2v) is 5.71. The number of nitrogens with zero attached hydrogens (tertiary/aromatic N) is 1. The average molecular weight is 377 g/mol. The van der Waals surface area contributed by atoms with E-state index >= 15 is 0 Å². The molecule has 0 spiro atoms. The van der Waals surface area contributed by atoms with Crippen LogP contribution in [0, 0.1) is 11.8 Å². The fraction of sp³-hybridized carbons (Fsp3) is 0.389. The molecule has 2 unspecified atom stereocenters. The molecule has 3 amide bonds. The van der Waals surface area contributed by atoms with Gasteiger partial charge in [-0.1, -0.05) is 11.8 Å². The molecule has 27 heavy (non-hydrogen) atoms. The number of likely N-dealkylation sites (N-methyl/N-ethyl adjacent to an activating group) is 2. The maximum atomic E-state index is 12.7. The fourth-order valence-corrected chi connectivity index (χ4v) is 2.20. The van der Waals surface area contributed by atoms with Gasteiger partial charge >= 0.3 is 0 Å². The Bertz CT molecular complexity index is 731. The third kappa shape index (κ3) is 4.83. The molecule has 4 N–H and O–H groups in total. The normalized spacial score (nSPS) is 13.4. The van der Waals surface area contributed by atoms with E-state index < -0.39 is 29.4 Å². The molecule has 146 valence electrons. The van der Waals surface area contributed by atoms with Crippen molar-refractivity contribution in [1.82, 2.24) is 15.7 Å². The summed E-state index contributed by atoms with van der Waals surface area (Å²) < 4.78 is 4.94. The van der Waals surface area contributed by atoms with E-state index in [4.69, 9.17) is 15.1 Å². The molecule has 2 atom stereocenters. The number of hydrogen-bond acceptors (Lipinski definition) is 6. The van der Waals surface area contributed by atoms with Crippen LogP contribution in [-0.2, 0) is 14.3 Å². The third-order valence-corrected chi connectivity index (χ3v) is 4.15. The molecule has 0 aliphatic heterocycles. The van der Waals surface area contributed by atoms with Crippen LogP contribution in [-0.4, -0.2) is 72.4 Å². The Morgan fingerprint density at radius 3 is 2.30 bits per heavy atom. The fourth-order valence-electron chi connectivity index (χ4n) is 2.20. The number of aliphatic hydroxyl groups excluding tert-OH is 1. The van der Waals surface area contributed by atoms with E-state index in [9.17, 15) is 14.4 Å². The third-order valence-electron chi connectivity index (χ3n) is 4.15. The van der Waals surface area contributed by atoms with Crippen LogP contribution in [0.25, 0.3) is 0 Å². The van der Waals surface area contributed by atoms with Gasteiger partial charge in [-0.25, -0.2) is 5.48 Å². The summed E-state index contributed by atoms with van der Waals surface area (Å²) in [5.41, 5.74) is 0.265. The van der Waals surface area contributed by atoms with Gasteiger partial charge in [-0.05, 0) is 31.2 Å². The Kier molecular flexibility index (Phi) is 7.93. The van der Waals surface area contributed by atoms with E-state index in [0.29, 0.717) is 5.56 Å². The van der Waals surface area contributed by atoms with E-state index in [2.05, 4.69) is 17.2 Å². The lowest BCUT2D eigenvalue weighted by molar-refractivity contribution is -0.148. The Morgan fingerprint density at radius 1 is 1.26 bits per heavy atom. The quantitative estimate of drug-likeness (QED) is 0.221. The zero-order valence-corrected chi connectivity index (χ0v) is 15.6. The minimum absolute atomic E-state index is 0.217. The second-order valence-electron chi connectivity index (χ2n) is 5.71. The monoisotopic (exact) mass is 377 g/mol. The second kappa shape index (κ2) is 9.68. The minimum Gasteiger partial charge on any atom is -0.393 e. The molecule has 1 aromatic rings. The summed E-state index contributed by atoms with van der Waals surface area (Å²) in [6.45, 7) is 0.977. The largest absolute Gasteiger partial charge is 0.393 e. The van der Waals surface area contributed by atoms with Gasteiger partial charge in [-0.2, -0.15) is 0 Å². The van der Waals surface area contributed by atoms with Gasteiger partial charge in [0.1, 0.15) is 6.10 Å². The molecule has 1 rings (SSSR count). The van der Waals surface area contributed by atoms with Crippen LogP contribution in [0.2, 0.25) is 0 Å². The Hall–Kier alpha value is -2.93. The van der Waals surface area contributed by atoms with Gasteiger partial charge in [0.15, 0.2) is 5.54 Å². The summed E-state index contributed by atoms with van der Waals surface area (Å²) in [6.07, 6.45) is -0.609. The summed E-state index contributed by atoms with van der Waals surface area (Å²) >= 11 is 0. The maximum Gasteiger partial charge on any atom is 0.278 e. The first kappa shape index (κ1) is 22.1. The predicted octanol–water partition coefficient (Wildman–Crippen LogP) is -0.872. The summed E-state index contributed by atoms with van der Waals surface area (Å²) in [5, 5.41) is 20.3. The van der Waals surface area contributed by atoms with E-state index in [1.165, 1.54) is 45.7 Å². The van der Waals surface area contributed by atoms with E-state index in [-0.39, 0.29) is 12.2 Å². The maximum absolute atomic E-state index is 12.7. The Labute approximate surface area is 157 Å². The smallest absolute Gasteiger partial charge is 0.278 e. The topological polar surface area (TPSA) is 128 Å². The lowest BCUT2D eigenvalue weighted by Crippen LogP contribution is -2.64. The van der Waals surface area contributed by atoms with Crippen LogP contribution in [0.1, 0.15) is 22.8 Å². The van der Waals surface area contributed by atoms with Crippen molar-refractivity contribution >= 4 is 17.7 Å². The Morgan fingerprint density at radius 2 is 1.85 bits per heavy atom. The van der Waals surface area contributed by atoms with Crippen molar-refractivity contribution in [2.75, 3.05) is 27.8 Å². The van der Waals surface area contributed by atoms with Gasteiger partial charge in [0.05, 0.1) is 6.61 Å². The molecule has 0 heterocycles. The van der Waals surface area contributed by atoms with Crippen LogP contribution in [0.3, 0.4) is 0 Å². The lowest BCUT2D eigenvalue weighted by atomic mass is 9.96. The summed E-state index contributed by atoms with van der Waals surface area (Å²) in [4.78, 5) is 37.8. The summed E-state index contributed by atoms with van der Waals surface area (Å²) in [6, 6.07) is 6.15. The number of nitrogens with one attached hydrogen (secondary N) is 2. The highest BCUT2D eigenvalue weighted by Crippen LogP contribution is 2.18. The molecule has 0 radical (unpaired) electrons. The zero-order valence-electron chi connectivity index (χ0n) is 15.6. The summed E-state index contributed by atoms with van der Waals surface area (Å²) in [5.74, 6) is 3.12. The molecule has 0 bridgehead atoms. The van der Waals surface area contributed by atoms with Gasteiger partial charge in [0.25, 0.3) is 17.7 Å². The molecule has 9 heteroatoms. The van der Waals surface area contributed by atoms with E-state index in [1.54, 1.807) is 12.1 Å². The first-order chi connectivity index (χ1) is 12.8. The lowest BCUT2D eigenvalue weighted by Gasteiger charge is -2.34. The van der Waals surface area contributed by atoms with Gasteiger partial charge in [0, 0.05) is 32.3 Å². The van der Waals surface area contributed by atoms with Crippen molar-refractivity contribution in [2.24, 2.45) is 0 Å². The standard InChI is InChI=1S/C18H23N3O6/c1-18(16(24)19-2,17(25)20-26)21(3)15(23)13-8-5-12(6-9-13)7-10-14(11-22)27-4/h5-6,8-9,14,22,26H,11H2,1-4H3,(H,19,24)(H,20,25). The molecule has 9 nitrogen and oxygen atoms in total. The minimum atomic E-state index is -1.95. The van der Waals surface area contributed by atoms with Crippen molar-refractivity contribution in [2.45, 2.75) is 18.6 Å². The number of rotatable bonds is 6. The summed E-state index contributed by atoms with van der Waals surface area (Å²) in [7, 11) is 4.03. The van der Waals surface area contributed by atoms with Gasteiger partial charge < -0.3 is 20.1 Å². The van der Waals surface area contributed by atoms with Crippen LogP contribution in [0.5, 0.6) is 0 Å². The van der Waals surface area contributed by atoms with Gasteiger partial charge in [0.2, 0.25) is 0 Å². The zero-order chi connectivity index (χ0) is 20.6. The van der Waals surface area contributed by atoms with E-state index in [1.807, 2.05) is 0 Å². The van der Waals surface area contributed by atoms with Crippen molar-refractivity contribution in [3.05, 3.63) is 35.4 Å². The number of carbonyl (C=O) groups excluding carboxylic acids is 3. The van der Waals surface area contributed by atoms with Crippen LogP contribution in [0.4, 0.5) is 0 Å². The number of carbonyl (C=O) groups is 3. The first-order valence-corrected chi connectivity index (χ1v) is 7.96. The molecular weight excluding hydrogens is 354 g/mol. The molecular formula is C18H23N3O6. The number of aliphatic hydroxyl groups is 1. The predicted molar refractivity (Wildman–Crippen MR) is 95.7 cm³/mol. The van der Waals surface area contributed by atoms with Crippen molar-refractivity contribution < 1.29 is 29.4 Å². The SMILES string of the molecule is CNC(=O)C(C)(C(=O)NO)N(C)C(=O)c1ccc(C#CC(CO)OC)cc1. The molecule has 0 aliphatic rings. The molecule has 0 fully saturated rings. The molecule has 0 saturated heterocycles. The van der Waals surface area contributed by atoms with Crippen LogP contribution >= 0.6 is 0 Å². The van der Waals surface area contributed by atoms with Crippen molar-refractivity contribution in [3.63, 3.8) is 0 Å². The van der Waals surface area contributed by atoms with Gasteiger partial charge in [-0.3, -0.25) is 19.6 Å². The number of hydroxylamine groups is 1. The number of ether oxygens (including phenoxy) is 1. The molecule has 0 saturated carbocycles. The number of amides is 3. The highest BCUT2D eigenvalue weighted by Gasteiger charge is 2.47. The highest BCUT2D eigenvalue weighted by molar-refractivity contribution is 6.12. The number of benzene rings is 1. The van der Waals surface area contributed by atoms with Crippen molar-refractivity contribution in [3.8, 4) is 11.8 Å².